The molecule has 2 amide bonds. The minimum atomic E-state index is 0.103. The molecule has 8 aromatic rings. The summed E-state index contributed by atoms with van der Waals surface area (Å²) < 4.78 is 4.43. The van der Waals surface area contributed by atoms with E-state index in [-0.39, 0.29) is 46.6 Å². The fourth-order valence-electron chi connectivity index (χ4n) is 12.0. The van der Waals surface area contributed by atoms with Gasteiger partial charge in [-0.25, -0.2) is 29.9 Å². The zero-order chi connectivity index (χ0) is 52.4. The number of thiazole rings is 2. The van der Waals surface area contributed by atoms with Gasteiger partial charge in [0.15, 0.2) is 11.3 Å². The van der Waals surface area contributed by atoms with Gasteiger partial charge in [0.2, 0.25) is 11.8 Å². The van der Waals surface area contributed by atoms with Crippen LogP contribution in [0, 0.1) is 0 Å². The molecule has 8 heterocycles. The Kier molecular flexibility index (Phi) is 13.6. The summed E-state index contributed by atoms with van der Waals surface area (Å²) in [5, 5.41) is 4.50. The van der Waals surface area contributed by atoms with E-state index < -0.39 is 0 Å². The molecule has 6 aromatic heterocycles. The number of likely N-dealkylation sites (tertiary alicyclic amines) is 2. The maximum Gasteiger partial charge on any atom is 0.242 e. The number of hydrogen-bond donors (Lipinski definition) is 0. The Bertz CT molecular complexity index is 3420. The number of piperidine rings is 2. The zero-order valence-electron chi connectivity index (χ0n) is 44.7. The number of carbonyl (C=O) groups excluding carboxylic acids is 2. The van der Waals surface area contributed by atoms with E-state index in [1.807, 2.05) is 43.2 Å². The minimum absolute atomic E-state index is 0.103. The lowest BCUT2D eigenvalue weighted by Gasteiger charge is -2.42. The third-order valence-electron chi connectivity index (χ3n) is 17.2. The molecule has 0 atom stereocenters. The van der Waals surface area contributed by atoms with Crippen molar-refractivity contribution in [3.8, 4) is 22.5 Å². The largest absolute Gasteiger partial charge is 0.341 e. The molecule has 0 saturated carbocycles. The van der Waals surface area contributed by atoms with Gasteiger partial charge in [-0.2, -0.15) is 0 Å². The monoisotopic (exact) mass is 1060 g/mol. The highest BCUT2D eigenvalue weighted by molar-refractivity contribution is 7.16. The molecule has 12 rings (SSSR count). The highest BCUT2D eigenvalue weighted by Crippen LogP contribution is 2.49. The molecule has 390 valence electrons. The van der Waals surface area contributed by atoms with Crippen LogP contribution in [-0.2, 0) is 44.3 Å². The lowest BCUT2D eigenvalue weighted by molar-refractivity contribution is -0.133. The van der Waals surface area contributed by atoms with Crippen LogP contribution in [0.15, 0.2) is 91.1 Å². The van der Waals surface area contributed by atoms with Crippen LogP contribution in [0.5, 0.6) is 0 Å². The molecular formula is C60H69ClN10O2S2. The Hall–Kier alpha value is -5.83. The third kappa shape index (κ3) is 10.2. The molecular weight excluding hydrogens is 992 g/mol. The van der Waals surface area contributed by atoms with Crippen molar-refractivity contribution in [1.29, 1.82) is 0 Å². The number of aromatic nitrogens is 8. The number of pyridine rings is 2. The minimum Gasteiger partial charge on any atom is -0.341 e. The van der Waals surface area contributed by atoms with Crippen LogP contribution in [0.2, 0.25) is 4.34 Å². The van der Waals surface area contributed by atoms with E-state index >= 15 is 0 Å². The molecule has 0 spiro atoms. The summed E-state index contributed by atoms with van der Waals surface area (Å²) in [6.45, 7) is 22.4. The van der Waals surface area contributed by atoms with E-state index in [0.717, 1.165) is 100 Å². The van der Waals surface area contributed by atoms with Crippen molar-refractivity contribution in [1.82, 2.24) is 48.8 Å². The number of amides is 2. The van der Waals surface area contributed by atoms with Crippen molar-refractivity contribution in [2.45, 2.75) is 153 Å². The molecule has 2 fully saturated rings. The molecule has 75 heavy (non-hydrogen) atoms. The van der Waals surface area contributed by atoms with Crippen LogP contribution in [0.1, 0.15) is 151 Å². The Balaban J connectivity index is 0.000000161. The summed E-state index contributed by atoms with van der Waals surface area (Å²) in [5.41, 5.74) is 14.0. The van der Waals surface area contributed by atoms with Crippen LogP contribution in [0.25, 0.3) is 44.8 Å². The molecule has 0 unspecified atom stereocenters. The summed E-state index contributed by atoms with van der Waals surface area (Å²) in [5.74, 6) is 0.958. The second-order valence-electron chi connectivity index (χ2n) is 24.0. The van der Waals surface area contributed by atoms with Crippen LogP contribution < -0.4 is 0 Å². The van der Waals surface area contributed by atoms with Crippen LogP contribution in [-0.4, -0.2) is 86.8 Å². The molecule has 12 nitrogen and oxygen atoms in total. The number of carbonyl (C=O) groups is 2. The predicted octanol–water partition coefficient (Wildman–Crippen LogP) is 13.3. The van der Waals surface area contributed by atoms with Gasteiger partial charge in [-0.15, -0.1) is 22.7 Å². The summed E-state index contributed by atoms with van der Waals surface area (Å²) in [6.07, 6.45) is 15.4. The fraction of sp³-hybridized carbons (Fsp3) is 0.467. The number of hydrogen-bond acceptors (Lipinski definition) is 10. The first-order valence-corrected chi connectivity index (χ1v) is 28.9. The van der Waals surface area contributed by atoms with E-state index in [1.54, 1.807) is 47.7 Å². The normalized spacial score (nSPS) is 19.1. The van der Waals surface area contributed by atoms with E-state index in [1.165, 1.54) is 58.5 Å². The third-order valence-corrected chi connectivity index (χ3v) is 19.6. The Labute approximate surface area is 454 Å². The van der Waals surface area contributed by atoms with E-state index in [4.69, 9.17) is 21.6 Å². The van der Waals surface area contributed by atoms with Crippen molar-refractivity contribution in [3.63, 3.8) is 0 Å². The first kappa shape index (κ1) is 51.3. The van der Waals surface area contributed by atoms with E-state index in [9.17, 15) is 9.59 Å². The SMILES string of the molecule is CC1(C)CCC(C)(C)c2cc(-c3csc(C4CCN(C(=O)Cn5cnc6cccnc65)CC4)n3)ccc21.CC1(C)CCC(C)(C)c2cc(-c3nc(C4CCN(C(=O)Cn5cnc6cccnc65)CC4)sc3Cl)ccc21. The van der Waals surface area contributed by atoms with E-state index in [2.05, 4.69) is 117 Å². The topological polar surface area (TPSA) is 128 Å². The zero-order valence-corrected chi connectivity index (χ0v) is 47.1. The standard InChI is InChI=1S/C30H34ClN5OS.C30H35N5OS/c1-29(2)11-12-30(3,4)22-16-20(7-8-21(22)29)25-26(31)38-28(34-25)19-9-14-35(15-10-19)24(37)17-36-18-33-23-6-5-13-32-27(23)36;1-29(2)11-12-30(3,4)23-16-21(7-8-22(23)29)25-18-37-28(33-25)20-9-14-34(15-10-20)26(36)17-35-19-32-24-6-5-13-31-27(24)35/h5-8,13,16,18-19H,9-12,14-15,17H2,1-4H3;5-8,13,16,18-20H,9-12,14-15,17H2,1-4H3. The number of imidazole rings is 2. The second-order valence-corrected chi connectivity index (χ2v) is 26.6. The van der Waals surface area contributed by atoms with Crippen molar-refractivity contribution in [2.75, 3.05) is 26.2 Å². The molecule has 2 saturated heterocycles. The number of rotatable bonds is 8. The number of nitrogens with zero attached hydrogens (tertiary/aromatic N) is 10. The fourth-order valence-corrected chi connectivity index (χ4v) is 14.4. The number of benzene rings is 2. The molecule has 0 N–H and O–H groups in total. The smallest absolute Gasteiger partial charge is 0.242 e. The summed E-state index contributed by atoms with van der Waals surface area (Å²) >= 11 is 10.2. The van der Waals surface area contributed by atoms with Gasteiger partial charge in [0.1, 0.15) is 34.2 Å². The van der Waals surface area contributed by atoms with Crippen molar-refractivity contribution in [3.05, 3.63) is 128 Å². The summed E-state index contributed by atoms with van der Waals surface area (Å²) in [4.78, 5) is 57.6. The molecule has 0 bridgehead atoms. The van der Waals surface area contributed by atoms with Gasteiger partial charge >= 0.3 is 0 Å². The van der Waals surface area contributed by atoms with Gasteiger partial charge in [0, 0.05) is 66.9 Å². The molecule has 2 aromatic carbocycles. The van der Waals surface area contributed by atoms with Gasteiger partial charge in [-0.05, 0) is 132 Å². The molecule has 0 radical (unpaired) electrons. The maximum atomic E-state index is 13.0. The maximum absolute atomic E-state index is 13.0. The number of halogens is 1. The quantitative estimate of drug-likeness (QED) is 0.147. The predicted molar refractivity (Wildman–Crippen MR) is 303 cm³/mol. The van der Waals surface area contributed by atoms with Crippen molar-refractivity contribution < 1.29 is 9.59 Å². The average Bonchev–Trinajstić information content (AvgIpc) is 4.25. The molecule has 2 aliphatic carbocycles. The van der Waals surface area contributed by atoms with Crippen molar-refractivity contribution in [2.24, 2.45) is 0 Å². The highest BCUT2D eigenvalue weighted by atomic mass is 35.5. The van der Waals surface area contributed by atoms with E-state index in [0.29, 0.717) is 11.8 Å². The first-order chi connectivity index (χ1) is 35.8. The lowest BCUT2D eigenvalue weighted by Crippen LogP contribution is -2.39. The van der Waals surface area contributed by atoms with Gasteiger partial charge in [0.05, 0.1) is 28.4 Å². The Morgan fingerprint density at radius 3 is 1.53 bits per heavy atom. The highest BCUT2D eigenvalue weighted by Gasteiger charge is 2.39. The Morgan fingerprint density at radius 2 is 1.03 bits per heavy atom. The van der Waals surface area contributed by atoms with Crippen LogP contribution >= 0.6 is 34.3 Å². The van der Waals surface area contributed by atoms with Gasteiger partial charge in [-0.1, -0.05) is 91.3 Å². The van der Waals surface area contributed by atoms with Gasteiger partial charge in [-0.3, -0.25) is 9.59 Å². The molecule has 15 heteroatoms. The van der Waals surface area contributed by atoms with Gasteiger partial charge in [0.25, 0.3) is 0 Å². The lowest BCUT2D eigenvalue weighted by atomic mass is 9.63. The van der Waals surface area contributed by atoms with Crippen molar-refractivity contribution >= 4 is 68.4 Å². The average molecular weight is 1060 g/mol. The number of fused-ring (bicyclic) bond motifs is 4. The van der Waals surface area contributed by atoms with Gasteiger partial charge < -0.3 is 18.9 Å². The molecule has 4 aliphatic rings. The van der Waals surface area contributed by atoms with Crippen LogP contribution in [0.4, 0.5) is 0 Å². The Morgan fingerprint density at radius 1 is 0.573 bits per heavy atom. The molecule has 2 aliphatic heterocycles. The first-order valence-electron chi connectivity index (χ1n) is 26.8. The van der Waals surface area contributed by atoms with Crippen LogP contribution in [0.3, 0.4) is 0 Å². The summed E-state index contributed by atoms with van der Waals surface area (Å²) in [7, 11) is 0. The second kappa shape index (κ2) is 19.9. The summed E-state index contributed by atoms with van der Waals surface area (Å²) in [6, 6.07) is 21.4.